The molecular weight excluding hydrogens is 238 g/mol. The Morgan fingerprint density at radius 3 is 1.89 bits per heavy atom. The number of hydrogen-bond acceptors (Lipinski definition) is 2. The fourth-order valence-electron chi connectivity index (χ4n) is 2.57. The average molecular weight is 255 g/mol. The van der Waals surface area contributed by atoms with Crippen LogP contribution in [0, 0.1) is 0 Å². The average Bonchev–Trinajstić information content (AvgIpc) is 2.38. The number of nitrogens with zero attached hydrogens (tertiary/aromatic N) is 1. The van der Waals surface area contributed by atoms with Crippen LogP contribution in [0.3, 0.4) is 0 Å². The van der Waals surface area contributed by atoms with Gasteiger partial charge in [0.1, 0.15) is 0 Å². The first-order valence-corrected chi connectivity index (χ1v) is 7.08. The molecule has 0 N–H and O–H groups in total. The third-order valence-corrected chi connectivity index (χ3v) is 4.54. The summed E-state index contributed by atoms with van der Waals surface area (Å²) in [5, 5.41) is 0. The summed E-state index contributed by atoms with van der Waals surface area (Å²) in [7, 11) is 4.29. The first kappa shape index (κ1) is 11.8. The Bertz CT molecular complexity index is 517. The van der Waals surface area contributed by atoms with Crippen molar-refractivity contribution in [3.63, 3.8) is 0 Å². The lowest BCUT2D eigenvalue weighted by Crippen LogP contribution is -2.23. The van der Waals surface area contributed by atoms with Crippen LogP contribution < -0.4 is 0 Å². The number of likely N-dealkylation sites (N-methyl/N-ethyl adjacent to an activating group) is 1. The van der Waals surface area contributed by atoms with E-state index >= 15 is 0 Å². The number of fused-ring (bicyclic) bond motifs is 2. The van der Waals surface area contributed by atoms with Crippen molar-refractivity contribution in [2.24, 2.45) is 0 Å². The summed E-state index contributed by atoms with van der Waals surface area (Å²) in [6.07, 6.45) is 0. The van der Waals surface area contributed by atoms with E-state index in [1.165, 1.54) is 20.9 Å². The molecule has 0 fully saturated rings. The molecule has 0 atom stereocenters. The molecule has 0 aliphatic carbocycles. The van der Waals surface area contributed by atoms with Gasteiger partial charge in [-0.3, -0.25) is 0 Å². The van der Waals surface area contributed by atoms with Crippen LogP contribution in [-0.4, -0.2) is 25.5 Å². The van der Waals surface area contributed by atoms with E-state index < -0.39 is 0 Å². The second kappa shape index (κ2) is 4.79. The van der Waals surface area contributed by atoms with Crippen LogP contribution >= 0.6 is 11.8 Å². The zero-order chi connectivity index (χ0) is 12.5. The normalized spacial score (nSPS) is 14.4. The molecule has 0 unspecified atom stereocenters. The topological polar surface area (TPSA) is 3.24 Å². The van der Waals surface area contributed by atoms with Gasteiger partial charge in [0.15, 0.2) is 0 Å². The zero-order valence-electron chi connectivity index (χ0n) is 10.8. The van der Waals surface area contributed by atoms with E-state index in [-0.39, 0.29) is 0 Å². The molecule has 92 valence electrons. The van der Waals surface area contributed by atoms with Crippen molar-refractivity contribution < 1.29 is 0 Å². The summed E-state index contributed by atoms with van der Waals surface area (Å²) in [5.74, 6) is 0.494. The predicted molar refractivity (Wildman–Crippen MR) is 77.4 cm³/mol. The molecule has 0 amide bonds. The van der Waals surface area contributed by atoms with Gasteiger partial charge in [-0.25, -0.2) is 0 Å². The monoisotopic (exact) mass is 255 g/mol. The number of rotatable bonds is 2. The largest absolute Gasteiger partial charge is 0.308 e. The van der Waals surface area contributed by atoms with Crippen molar-refractivity contribution >= 4 is 11.8 Å². The smallest absolute Gasteiger partial charge is 0.0239 e. The number of benzene rings is 2. The molecule has 1 aliphatic heterocycles. The minimum atomic E-state index is 0.494. The molecular formula is C16H17NS. The van der Waals surface area contributed by atoms with Gasteiger partial charge >= 0.3 is 0 Å². The van der Waals surface area contributed by atoms with Gasteiger partial charge in [-0.05, 0) is 37.4 Å². The molecule has 3 rings (SSSR count). The Morgan fingerprint density at radius 1 is 0.889 bits per heavy atom. The van der Waals surface area contributed by atoms with Crippen LogP contribution in [0.2, 0.25) is 0 Å². The van der Waals surface area contributed by atoms with Crippen LogP contribution in [0.5, 0.6) is 0 Å². The quantitative estimate of drug-likeness (QED) is 0.802. The molecule has 1 nitrogen and oxygen atoms in total. The Balaban J connectivity index is 2.11. The second-order valence-electron chi connectivity index (χ2n) is 4.99. The lowest BCUT2D eigenvalue weighted by atomic mass is 9.90. The minimum absolute atomic E-state index is 0.494. The van der Waals surface area contributed by atoms with Crippen molar-refractivity contribution in [3.8, 4) is 0 Å². The molecule has 18 heavy (non-hydrogen) atoms. The zero-order valence-corrected chi connectivity index (χ0v) is 11.6. The van der Waals surface area contributed by atoms with Crippen LogP contribution in [0.4, 0.5) is 0 Å². The van der Waals surface area contributed by atoms with E-state index in [0.29, 0.717) is 5.92 Å². The SMILES string of the molecule is CN(C)CC1c2ccccc2Sc2ccccc21. The highest BCUT2D eigenvalue weighted by Crippen LogP contribution is 2.45. The van der Waals surface area contributed by atoms with Gasteiger partial charge in [0.05, 0.1) is 0 Å². The number of hydrogen-bond donors (Lipinski definition) is 0. The minimum Gasteiger partial charge on any atom is -0.308 e. The highest BCUT2D eigenvalue weighted by molar-refractivity contribution is 7.99. The lowest BCUT2D eigenvalue weighted by molar-refractivity contribution is 0.388. The first-order chi connectivity index (χ1) is 8.75. The molecule has 2 heteroatoms. The van der Waals surface area contributed by atoms with Crippen molar-refractivity contribution in [1.29, 1.82) is 0 Å². The Labute approximate surface area is 113 Å². The highest BCUT2D eigenvalue weighted by atomic mass is 32.2. The molecule has 2 aromatic carbocycles. The van der Waals surface area contributed by atoms with E-state index in [0.717, 1.165) is 6.54 Å². The Hall–Kier alpha value is -1.25. The maximum absolute atomic E-state index is 2.27. The van der Waals surface area contributed by atoms with Gasteiger partial charge in [-0.2, -0.15) is 0 Å². The predicted octanol–water partition coefficient (Wildman–Crippen LogP) is 3.84. The standard InChI is InChI=1S/C16H17NS/c1-17(2)11-14-12-7-3-5-9-15(12)18-16-10-6-4-8-13(14)16/h3-10,14H,11H2,1-2H3. The molecule has 0 saturated carbocycles. The van der Waals surface area contributed by atoms with Gasteiger partial charge in [0.2, 0.25) is 0 Å². The van der Waals surface area contributed by atoms with E-state index in [1.807, 2.05) is 11.8 Å². The van der Waals surface area contributed by atoms with Crippen molar-refractivity contribution in [2.75, 3.05) is 20.6 Å². The summed E-state index contributed by atoms with van der Waals surface area (Å²) < 4.78 is 0. The van der Waals surface area contributed by atoms with E-state index in [1.54, 1.807) is 0 Å². The first-order valence-electron chi connectivity index (χ1n) is 6.26. The van der Waals surface area contributed by atoms with Crippen LogP contribution in [0.25, 0.3) is 0 Å². The van der Waals surface area contributed by atoms with Gasteiger partial charge in [-0.1, -0.05) is 48.2 Å². The van der Waals surface area contributed by atoms with Crippen LogP contribution in [-0.2, 0) is 0 Å². The van der Waals surface area contributed by atoms with Gasteiger partial charge in [-0.15, -0.1) is 0 Å². The molecule has 0 radical (unpaired) electrons. The molecule has 0 aromatic heterocycles. The summed E-state index contributed by atoms with van der Waals surface area (Å²) >= 11 is 1.89. The lowest BCUT2D eigenvalue weighted by Gasteiger charge is -2.29. The molecule has 0 spiro atoms. The van der Waals surface area contributed by atoms with Crippen LogP contribution in [0.15, 0.2) is 58.3 Å². The second-order valence-corrected chi connectivity index (χ2v) is 6.08. The maximum atomic E-state index is 2.27. The van der Waals surface area contributed by atoms with Gasteiger partial charge in [0.25, 0.3) is 0 Å². The fourth-order valence-corrected chi connectivity index (χ4v) is 3.76. The Morgan fingerprint density at radius 2 is 1.39 bits per heavy atom. The maximum Gasteiger partial charge on any atom is 0.0239 e. The summed E-state index contributed by atoms with van der Waals surface area (Å²) in [4.78, 5) is 5.08. The Kier molecular flexibility index (Phi) is 3.14. The van der Waals surface area contributed by atoms with Crippen molar-refractivity contribution in [1.82, 2.24) is 4.90 Å². The summed E-state index contributed by atoms with van der Waals surface area (Å²) in [5.41, 5.74) is 2.94. The van der Waals surface area contributed by atoms with Crippen molar-refractivity contribution in [3.05, 3.63) is 59.7 Å². The highest BCUT2D eigenvalue weighted by Gasteiger charge is 2.25. The molecule has 0 saturated heterocycles. The van der Waals surface area contributed by atoms with Gasteiger partial charge in [0, 0.05) is 22.3 Å². The molecule has 1 heterocycles. The fraction of sp³-hybridized carbons (Fsp3) is 0.250. The summed E-state index contributed by atoms with van der Waals surface area (Å²) in [6, 6.07) is 17.6. The summed E-state index contributed by atoms with van der Waals surface area (Å²) in [6.45, 7) is 1.06. The molecule has 0 bridgehead atoms. The third kappa shape index (κ3) is 2.06. The third-order valence-electron chi connectivity index (χ3n) is 3.36. The van der Waals surface area contributed by atoms with Crippen molar-refractivity contribution in [2.45, 2.75) is 15.7 Å². The van der Waals surface area contributed by atoms with E-state index in [9.17, 15) is 0 Å². The van der Waals surface area contributed by atoms with Gasteiger partial charge < -0.3 is 4.90 Å². The van der Waals surface area contributed by atoms with E-state index in [2.05, 4.69) is 67.5 Å². The molecule has 2 aromatic rings. The molecule has 1 aliphatic rings. The van der Waals surface area contributed by atoms with Crippen LogP contribution in [0.1, 0.15) is 17.0 Å². The van der Waals surface area contributed by atoms with E-state index in [4.69, 9.17) is 0 Å².